The number of hydrazone groups is 1. The number of aromatic nitrogens is 2. The molecule has 1 aliphatic heterocycles. The molecule has 3 heterocycles. The number of hydrogen-bond acceptors (Lipinski definition) is 8. The van der Waals surface area contributed by atoms with E-state index in [1.165, 1.54) is 12.1 Å². The minimum absolute atomic E-state index is 0.0227. The zero-order valence-electron chi connectivity index (χ0n) is 16.1. The molecule has 2 aromatic carbocycles. The number of nitro groups is 1. The van der Waals surface area contributed by atoms with Crippen LogP contribution < -0.4 is 14.9 Å². The molecule has 2 aromatic heterocycles. The number of nitro benzene ring substituents is 1. The van der Waals surface area contributed by atoms with Gasteiger partial charge in [0.2, 0.25) is 6.79 Å². The molecule has 0 bridgehead atoms. The third kappa shape index (κ3) is 3.71. The summed E-state index contributed by atoms with van der Waals surface area (Å²) in [5.41, 5.74) is 5.90. The molecule has 31 heavy (non-hydrogen) atoms. The number of non-ortho nitro benzene ring substituents is 1. The van der Waals surface area contributed by atoms with Crippen LogP contribution in [0.25, 0.3) is 22.2 Å². The summed E-state index contributed by atoms with van der Waals surface area (Å²) in [5.74, 6) is 1.86. The predicted octanol–water partition coefficient (Wildman–Crippen LogP) is 4.38. The van der Waals surface area contributed by atoms with Crippen molar-refractivity contribution in [1.82, 2.24) is 9.97 Å². The molecule has 4 aromatic rings. The van der Waals surface area contributed by atoms with E-state index in [4.69, 9.17) is 9.47 Å². The maximum absolute atomic E-state index is 11.0. The van der Waals surface area contributed by atoms with Crippen LogP contribution in [0, 0.1) is 10.1 Å². The van der Waals surface area contributed by atoms with Crippen molar-refractivity contribution in [3.05, 3.63) is 82.5 Å². The molecule has 0 saturated heterocycles. The molecule has 0 unspecified atom stereocenters. The van der Waals surface area contributed by atoms with E-state index >= 15 is 0 Å². The molecule has 0 spiro atoms. The summed E-state index contributed by atoms with van der Waals surface area (Å²) in [5, 5.41) is 16.1. The van der Waals surface area contributed by atoms with Crippen molar-refractivity contribution in [2.24, 2.45) is 5.10 Å². The zero-order valence-corrected chi connectivity index (χ0v) is 16.1. The second-order valence-corrected chi connectivity index (χ2v) is 6.72. The predicted molar refractivity (Wildman–Crippen MR) is 115 cm³/mol. The van der Waals surface area contributed by atoms with Gasteiger partial charge in [-0.2, -0.15) is 5.10 Å². The summed E-state index contributed by atoms with van der Waals surface area (Å²) in [6, 6.07) is 17.5. The quantitative estimate of drug-likeness (QED) is 0.293. The lowest BCUT2D eigenvalue weighted by Crippen LogP contribution is -1.98. The number of hydrogen-bond donors (Lipinski definition) is 1. The lowest BCUT2D eigenvalue weighted by Gasteiger charge is -2.10. The van der Waals surface area contributed by atoms with Crippen LogP contribution in [-0.4, -0.2) is 27.9 Å². The first-order valence-corrected chi connectivity index (χ1v) is 9.37. The number of rotatable bonds is 5. The van der Waals surface area contributed by atoms with Crippen LogP contribution >= 0.6 is 0 Å². The molecule has 0 radical (unpaired) electrons. The van der Waals surface area contributed by atoms with E-state index in [0.29, 0.717) is 23.0 Å². The highest BCUT2D eigenvalue weighted by molar-refractivity contribution is 5.88. The van der Waals surface area contributed by atoms with Crippen LogP contribution in [0.4, 0.5) is 11.5 Å². The van der Waals surface area contributed by atoms with E-state index in [2.05, 4.69) is 20.5 Å². The maximum atomic E-state index is 11.0. The summed E-state index contributed by atoms with van der Waals surface area (Å²) < 4.78 is 10.7. The maximum Gasteiger partial charge on any atom is 0.269 e. The zero-order chi connectivity index (χ0) is 21.2. The Hall–Kier alpha value is -4.53. The Bertz CT molecular complexity index is 1320. The van der Waals surface area contributed by atoms with Gasteiger partial charge in [-0.15, -0.1) is 0 Å². The summed E-state index contributed by atoms with van der Waals surface area (Å²) in [7, 11) is 0. The van der Waals surface area contributed by atoms with E-state index in [1.807, 2.05) is 36.4 Å². The van der Waals surface area contributed by atoms with Crippen LogP contribution in [0.15, 0.2) is 72.0 Å². The topological polar surface area (TPSA) is 112 Å². The SMILES string of the molecule is O=[N+]([O-])c1ccc(-c2cc3cccnc3nc2N/N=C/c2ccc3c(c2)OCO3)cc1. The molecule has 1 aliphatic rings. The van der Waals surface area contributed by atoms with E-state index in [0.717, 1.165) is 22.1 Å². The highest BCUT2D eigenvalue weighted by atomic mass is 16.7. The van der Waals surface area contributed by atoms with Gasteiger partial charge in [0.15, 0.2) is 23.0 Å². The number of pyridine rings is 2. The fourth-order valence-corrected chi connectivity index (χ4v) is 3.23. The van der Waals surface area contributed by atoms with E-state index in [1.54, 1.807) is 24.5 Å². The minimum Gasteiger partial charge on any atom is -0.454 e. The molecule has 9 heteroatoms. The molecular formula is C22H15N5O4. The molecule has 0 amide bonds. The number of nitrogens with one attached hydrogen (secondary N) is 1. The fraction of sp³-hybridized carbons (Fsp3) is 0.0455. The van der Waals surface area contributed by atoms with Gasteiger partial charge in [-0.1, -0.05) is 0 Å². The molecule has 0 fully saturated rings. The Morgan fingerprint density at radius 1 is 1.06 bits per heavy atom. The van der Waals surface area contributed by atoms with Gasteiger partial charge in [0.25, 0.3) is 5.69 Å². The molecule has 9 nitrogen and oxygen atoms in total. The molecule has 0 aliphatic carbocycles. The smallest absolute Gasteiger partial charge is 0.269 e. The summed E-state index contributed by atoms with van der Waals surface area (Å²) in [6.07, 6.45) is 3.31. The fourth-order valence-electron chi connectivity index (χ4n) is 3.23. The third-order valence-electron chi connectivity index (χ3n) is 4.76. The lowest BCUT2D eigenvalue weighted by molar-refractivity contribution is -0.384. The van der Waals surface area contributed by atoms with Gasteiger partial charge in [0, 0.05) is 29.3 Å². The highest BCUT2D eigenvalue weighted by Crippen LogP contribution is 2.33. The molecular weight excluding hydrogens is 398 g/mol. The second kappa shape index (κ2) is 7.71. The molecule has 5 rings (SSSR count). The van der Waals surface area contributed by atoms with Gasteiger partial charge in [-0.25, -0.2) is 9.97 Å². The van der Waals surface area contributed by atoms with Crippen molar-refractivity contribution in [3.8, 4) is 22.6 Å². The largest absolute Gasteiger partial charge is 0.454 e. The van der Waals surface area contributed by atoms with Crippen LogP contribution in [-0.2, 0) is 0 Å². The number of ether oxygens (including phenoxy) is 2. The van der Waals surface area contributed by atoms with Gasteiger partial charge in [0.05, 0.1) is 11.1 Å². The molecule has 0 atom stereocenters. The van der Waals surface area contributed by atoms with Crippen LogP contribution in [0.1, 0.15) is 5.56 Å². The number of anilines is 1. The first kappa shape index (κ1) is 18.5. The monoisotopic (exact) mass is 413 g/mol. The van der Waals surface area contributed by atoms with Gasteiger partial charge in [0.1, 0.15) is 0 Å². The van der Waals surface area contributed by atoms with Crippen molar-refractivity contribution in [1.29, 1.82) is 0 Å². The Balaban J connectivity index is 1.49. The third-order valence-corrected chi connectivity index (χ3v) is 4.76. The van der Waals surface area contributed by atoms with Crippen molar-refractivity contribution in [2.75, 3.05) is 12.2 Å². The average Bonchev–Trinajstić information content (AvgIpc) is 3.27. The molecule has 1 N–H and O–H groups in total. The van der Waals surface area contributed by atoms with Crippen LogP contribution in [0.3, 0.4) is 0 Å². The molecule has 0 saturated carbocycles. The van der Waals surface area contributed by atoms with Gasteiger partial charge in [-0.3, -0.25) is 15.5 Å². The Labute approximate surface area is 176 Å². The average molecular weight is 413 g/mol. The normalized spacial score (nSPS) is 12.4. The summed E-state index contributed by atoms with van der Waals surface area (Å²) in [4.78, 5) is 19.4. The Morgan fingerprint density at radius 2 is 1.90 bits per heavy atom. The van der Waals surface area contributed by atoms with Crippen molar-refractivity contribution in [2.45, 2.75) is 0 Å². The number of nitrogens with zero attached hydrogens (tertiary/aromatic N) is 4. The second-order valence-electron chi connectivity index (χ2n) is 6.72. The van der Waals surface area contributed by atoms with E-state index in [9.17, 15) is 10.1 Å². The standard InChI is InChI=1S/C22H15N5O4/c28-27(29)17-6-4-15(5-7-17)18-11-16-2-1-9-23-21(16)25-22(18)26-24-12-14-3-8-19-20(10-14)31-13-30-19/h1-12H,13H2,(H,23,25,26)/b24-12+. The summed E-state index contributed by atoms with van der Waals surface area (Å²) >= 11 is 0. The Morgan fingerprint density at radius 3 is 2.74 bits per heavy atom. The van der Waals surface area contributed by atoms with Crippen molar-refractivity contribution in [3.63, 3.8) is 0 Å². The highest BCUT2D eigenvalue weighted by Gasteiger charge is 2.13. The summed E-state index contributed by atoms with van der Waals surface area (Å²) in [6.45, 7) is 0.209. The molecule has 152 valence electrons. The van der Waals surface area contributed by atoms with Gasteiger partial charge >= 0.3 is 0 Å². The van der Waals surface area contributed by atoms with E-state index < -0.39 is 4.92 Å². The van der Waals surface area contributed by atoms with Crippen LogP contribution in [0.2, 0.25) is 0 Å². The lowest BCUT2D eigenvalue weighted by atomic mass is 10.0. The van der Waals surface area contributed by atoms with Crippen molar-refractivity contribution >= 4 is 28.8 Å². The van der Waals surface area contributed by atoms with Crippen molar-refractivity contribution < 1.29 is 14.4 Å². The van der Waals surface area contributed by atoms with Gasteiger partial charge in [-0.05, 0) is 59.7 Å². The Kier molecular flexibility index (Phi) is 4.60. The van der Waals surface area contributed by atoms with Crippen LogP contribution in [0.5, 0.6) is 11.5 Å². The number of benzene rings is 2. The number of fused-ring (bicyclic) bond motifs is 2. The first-order chi connectivity index (χ1) is 15.2. The van der Waals surface area contributed by atoms with E-state index in [-0.39, 0.29) is 12.5 Å². The van der Waals surface area contributed by atoms with Gasteiger partial charge < -0.3 is 9.47 Å². The first-order valence-electron chi connectivity index (χ1n) is 9.37. The minimum atomic E-state index is -0.429.